The number of carbonyl (C=O) groups is 2. The molecule has 1 fully saturated rings. The number of hydrogen-bond acceptors (Lipinski definition) is 4. The van der Waals surface area contributed by atoms with Crippen LogP contribution in [0.2, 0.25) is 0 Å². The van der Waals surface area contributed by atoms with Gasteiger partial charge in [0.05, 0.1) is 0 Å². The van der Waals surface area contributed by atoms with Crippen molar-refractivity contribution < 1.29 is 14.3 Å². The number of esters is 1. The van der Waals surface area contributed by atoms with Crippen LogP contribution in [0.4, 0.5) is 0 Å². The van der Waals surface area contributed by atoms with E-state index in [1.165, 1.54) is 6.92 Å². The van der Waals surface area contributed by atoms with Crippen LogP contribution in [-0.4, -0.2) is 30.7 Å². The van der Waals surface area contributed by atoms with Crippen LogP contribution in [0.5, 0.6) is 0 Å². The molecule has 2 N–H and O–H groups in total. The number of amides is 1. The van der Waals surface area contributed by atoms with Crippen molar-refractivity contribution in [2.75, 3.05) is 6.54 Å². The van der Waals surface area contributed by atoms with Crippen LogP contribution < -0.4 is 10.6 Å². The summed E-state index contributed by atoms with van der Waals surface area (Å²) in [7, 11) is 0. The van der Waals surface area contributed by atoms with Crippen molar-refractivity contribution in [1.82, 2.24) is 10.6 Å². The average Bonchev–Trinajstić information content (AvgIpc) is 2.16. The fourth-order valence-corrected chi connectivity index (χ4v) is 1.46. The Balaban J connectivity index is 2.20. The first-order valence-electron chi connectivity index (χ1n) is 5.36. The van der Waals surface area contributed by atoms with Gasteiger partial charge in [0.2, 0.25) is 5.91 Å². The predicted octanol–water partition coefficient (Wildman–Crippen LogP) is 0.154. The van der Waals surface area contributed by atoms with Gasteiger partial charge in [-0.3, -0.25) is 9.59 Å². The second kappa shape index (κ2) is 5.70. The van der Waals surface area contributed by atoms with Crippen LogP contribution in [0.25, 0.3) is 0 Å². The summed E-state index contributed by atoms with van der Waals surface area (Å²) < 4.78 is 4.89. The molecule has 0 aromatic heterocycles. The molecule has 0 unspecified atom stereocenters. The Kier molecular flexibility index (Phi) is 4.55. The molecule has 1 amide bonds. The number of ether oxygens (including phenoxy) is 1. The Hall–Kier alpha value is -1.10. The topological polar surface area (TPSA) is 67.4 Å². The van der Waals surface area contributed by atoms with E-state index in [0.717, 1.165) is 25.8 Å². The molecule has 15 heavy (non-hydrogen) atoms. The van der Waals surface area contributed by atoms with Crippen molar-refractivity contribution in [3.63, 3.8) is 0 Å². The Morgan fingerprint density at radius 1 is 1.53 bits per heavy atom. The van der Waals surface area contributed by atoms with Gasteiger partial charge in [0.1, 0.15) is 6.04 Å². The SMILES string of the molecule is CCCCCN[C@@H]1C(=O)N[C@H]1OC(C)=O. The molecule has 5 nitrogen and oxygen atoms in total. The zero-order chi connectivity index (χ0) is 11.3. The number of hydrogen-bond donors (Lipinski definition) is 2. The molecule has 1 heterocycles. The lowest BCUT2D eigenvalue weighted by Gasteiger charge is -2.35. The molecule has 1 rings (SSSR count). The molecule has 1 saturated heterocycles. The highest BCUT2D eigenvalue weighted by atomic mass is 16.6. The molecule has 0 spiro atoms. The van der Waals surface area contributed by atoms with E-state index in [2.05, 4.69) is 17.6 Å². The van der Waals surface area contributed by atoms with Crippen molar-refractivity contribution in [3.8, 4) is 0 Å². The molecule has 2 atom stereocenters. The standard InChI is InChI=1S/C10H18N2O3/c1-3-4-5-6-11-8-9(14)12-10(8)15-7(2)13/h8,10-11H,3-6H2,1-2H3,(H,12,14)/t8-,10+/m1/s1. The largest absolute Gasteiger partial charge is 0.440 e. The van der Waals surface area contributed by atoms with Crippen LogP contribution >= 0.6 is 0 Å². The van der Waals surface area contributed by atoms with Crippen LogP contribution in [-0.2, 0) is 14.3 Å². The summed E-state index contributed by atoms with van der Waals surface area (Å²) in [6, 6.07) is -0.370. The van der Waals surface area contributed by atoms with Gasteiger partial charge in [-0.1, -0.05) is 19.8 Å². The van der Waals surface area contributed by atoms with Gasteiger partial charge in [-0.15, -0.1) is 0 Å². The molecular weight excluding hydrogens is 196 g/mol. The first-order chi connectivity index (χ1) is 7.15. The fraction of sp³-hybridized carbons (Fsp3) is 0.800. The highest BCUT2D eigenvalue weighted by Gasteiger charge is 2.41. The zero-order valence-electron chi connectivity index (χ0n) is 9.21. The lowest BCUT2D eigenvalue weighted by atomic mass is 10.1. The van der Waals surface area contributed by atoms with Crippen LogP contribution in [0.15, 0.2) is 0 Å². The Bertz CT molecular complexity index is 243. The summed E-state index contributed by atoms with van der Waals surface area (Å²) in [5.41, 5.74) is 0. The summed E-state index contributed by atoms with van der Waals surface area (Å²) in [4.78, 5) is 21.8. The minimum Gasteiger partial charge on any atom is -0.440 e. The van der Waals surface area contributed by atoms with Crippen molar-refractivity contribution in [2.24, 2.45) is 0 Å². The summed E-state index contributed by atoms with van der Waals surface area (Å²) in [5.74, 6) is -0.474. The van der Waals surface area contributed by atoms with E-state index in [1.807, 2.05) is 0 Å². The van der Waals surface area contributed by atoms with Gasteiger partial charge in [-0.05, 0) is 13.0 Å². The molecule has 0 saturated carbocycles. The quantitative estimate of drug-likeness (QED) is 0.375. The lowest BCUT2D eigenvalue weighted by molar-refractivity contribution is -0.162. The predicted molar refractivity (Wildman–Crippen MR) is 55.0 cm³/mol. The molecule has 0 aliphatic carbocycles. The third-order valence-electron chi connectivity index (χ3n) is 2.31. The van der Waals surface area contributed by atoms with Gasteiger partial charge in [-0.2, -0.15) is 0 Å². The number of carbonyl (C=O) groups excluding carboxylic acids is 2. The minimum absolute atomic E-state index is 0.0993. The highest BCUT2D eigenvalue weighted by Crippen LogP contribution is 2.08. The number of nitrogens with one attached hydrogen (secondary N) is 2. The van der Waals surface area contributed by atoms with Gasteiger partial charge in [0.15, 0.2) is 6.23 Å². The highest BCUT2D eigenvalue weighted by molar-refractivity contribution is 5.89. The van der Waals surface area contributed by atoms with Gasteiger partial charge in [0, 0.05) is 6.92 Å². The van der Waals surface area contributed by atoms with Crippen molar-refractivity contribution in [1.29, 1.82) is 0 Å². The number of unbranched alkanes of at least 4 members (excludes halogenated alkanes) is 2. The van der Waals surface area contributed by atoms with E-state index in [0.29, 0.717) is 0 Å². The zero-order valence-corrected chi connectivity index (χ0v) is 9.21. The van der Waals surface area contributed by atoms with E-state index < -0.39 is 6.23 Å². The summed E-state index contributed by atoms with van der Waals surface area (Å²) in [6.45, 7) is 4.24. The minimum atomic E-state index is -0.489. The van der Waals surface area contributed by atoms with E-state index in [1.54, 1.807) is 0 Å². The summed E-state index contributed by atoms with van der Waals surface area (Å²) in [5, 5.41) is 5.59. The smallest absolute Gasteiger partial charge is 0.304 e. The lowest BCUT2D eigenvalue weighted by Crippen LogP contribution is -2.69. The molecule has 1 aliphatic rings. The van der Waals surface area contributed by atoms with E-state index in [4.69, 9.17) is 4.74 Å². The Morgan fingerprint density at radius 3 is 2.80 bits per heavy atom. The maximum Gasteiger partial charge on any atom is 0.304 e. The first kappa shape index (κ1) is 12.0. The van der Waals surface area contributed by atoms with Crippen molar-refractivity contribution >= 4 is 11.9 Å². The van der Waals surface area contributed by atoms with E-state index in [9.17, 15) is 9.59 Å². The van der Waals surface area contributed by atoms with Crippen molar-refractivity contribution in [2.45, 2.75) is 45.4 Å². The molecule has 86 valence electrons. The molecule has 0 bridgehead atoms. The van der Waals surface area contributed by atoms with Crippen LogP contribution in [0.3, 0.4) is 0 Å². The normalized spacial score (nSPS) is 24.3. The Morgan fingerprint density at radius 2 is 2.27 bits per heavy atom. The van der Waals surface area contributed by atoms with Gasteiger partial charge >= 0.3 is 5.97 Å². The molecule has 0 radical (unpaired) electrons. The molecular formula is C10H18N2O3. The van der Waals surface area contributed by atoms with E-state index in [-0.39, 0.29) is 17.9 Å². The molecule has 5 heteroatoms. The van der Waals surface area contributed by atoms with Crippen LogP contribution in [0.1, 0.15) is 33.1 Å². The fourth-order valence-electron chi connectivity index (χ4n) is 1.46. The van der Waals surface area contributed by atoms with Gasteiger partial charge in [0.25, 0.3) is 0 Å². The third kappa shape index (κ3) is 3.51. The second-order valence-corrected chi connectivity index (χ2v) is 3.68. The van der Waals surface area contributed by atoms with Gasteiger partial charge in [-0.25, -0.2) is 0 Å². The molecule has 0 aromatic carbocycles. The van der Waals surface area contributed by atoms with Crippen LogP contribution in [0, 0.1) is 0 Å². The third-order valence-corrected chi connectivity index (χ3v) is 2.31. The van der Waals surface area contributed by atoms with Gasteiger partial charge < -0.3 is 15.4 Å². The monoisotopic (exact) mass is 214 g/mol. The Labute approximate surface area is 89.6 Å². The van der Waals surface area contributed by atoms with E-state index >= 15 is 0 Å². The first-order valence-corrected chi connectivity index (χ1v) is 5.36. The maximum absolute atomic E-state index is 11.1. The summed E-state index contributed by atoms with van der Waals surface area (Å²) >= 11 is 0. The average molecular weight is 214 g/mol. The second-order valence-electron chi connectivity index (χ2n) is 3.68. The number of rotatable bonds is 6. The number of β-lactam (4-membered cyclic amide) rings is 1. The molecule has 0 aromatic rings. The summed E-state index contributed by atoms with van der Waals surface area (Å²) in [6.07, 6.45) is 2.83. The maximum atomic E-state index is 11.1. The molecule has 1 aliphatic heterocycles. The van der Waals surface area contributed by atoms with Crippen molar-refractivity contribution in [3.05, 3.63) is 0 Å².